The van der Waals surface area contributed by atoms with Crippen LogP contribution in [-0.2, 0) is 32.7 Å². The first-order valence-corrected chi connectivity index (χ1v) is 15.0. The average molecular weight is 556 g/mol. The molecule has 1 unspecified atom stereocenters. The number of amides is 2. The number of carbonyl (C=O) groups is 4. The third kappa shape index (κ3) is 27.1. The Bertz CT molecular complexity index is 688. The van der Waals surface area contributed by atoms with Gasteiger partial charge in [-0.1, -0.05) is 50.7 Å². The monoisotopic (exact) mass is 555 g/mol. The van der Waals surface area contributed by atoms with Gasteiger partial charge in [0.15, 0.2) is 10.2 Å². The highest BCUT2D eigenvalue weighted by molar-refractivity contribution is 8.14. The van der Waals surface area contributed by atoms with Crippen LogP contribution in [0.3, 0.4) is 0 Å². The molecule has 35 heavy (non-hydrogen) atoms. The second-order valence-corrected chi connectivity index (χ2v) is 10.4. The molecule has 13 heteroatoms. The summed E-state index contributed by atoms with van der Waals surface area (Å²) in [5.74, 6) is 0.101. The fourth-order valence-electron chi connectivity index (χ4n) is 1.69. The Morgan fingerprint density at radius 2 is 1.37 bits per heavy atom. The van der Waals surface area contributed by atoms with Gasteiger partial charge < -0.3 is 29.0 Å². The minimum Gasteiger partial charge on any atom is -0.358 e. The summed E-state index contributed by atoms with van der Waals surface area (Å²) in [6.07, 6.45) is 7.05. The first kappa shape index (κ1) is 38.2. The molecule has 0 saturated heterocycles. The number of carbonyl (C=O) groups excluding carboxylic acids is 4. The summed E-state index contributed by atoms with van der Waals surface area (Å²) >= 11 is 2.08. The van der Waals surface area contributed by atoms with Gasteiger partial charge in [-0.2, -0.15) is 0 Å². The zero-order valence-corrected chi connectivity index (χ0v) is 24.4. The molecule has 0 radical (unpaired) electrons. The Labute approximate surface area is 219 Å². The minimum atomic E-state index is -2.65. The van der Waals surface area contributed by atoms with Gasteiger partial charge in [0.25, 0.3) is 7.57 Å². The summed E-state index contributed by atoms with van der Waals surface area (Å²) < 4.78 is 15.8. The van der Waals surface area contributed by atoms with Gasteiger partial charge in [0.05, 0.1) is 18.1 Å². The lowest BCUT2D eigenvalue weighted by Gasteiger charge is -2.21. The Hall–Kier alpha value is -1.35. The topological polar surface area (TPSA) is 124 Å². The van der Waals surface area contributed by atoms with Crippen molar-refractivity contribution in [1.29, 1.82) is 0 Å². The summed E-state index contributed by atoms with van der Waals surface area (Å²) in [7, 11) is 1.88. The first-order valence-electron chi connectivity index (χ1n) is 11.3. The van der Waals surface area contributed by atoms with E-state index in [1.807, 2.05) is 20.8 Å². The van der Waals surface area contributed by atoms with Crippen LogP contribution >= 0.6 is 31.1 Å². The standard InChI is InChI=1S/C12H21N2O5PS.C8H15NO2S.C2H6/c1-13-7-9-19-20(4,17-3)18-8-5-6-12(16)21-10-11(15)14-2;1-3-4-5-8(11)12-6-7(10)9-2;1-2/h4-10H2,2-3H3,(H,14,15);3-6H2,1-2H3,(H,9,10);1-2H3. The van der Waals surface area contributed by atoms with E-state index in [1.165, 1.54) is 14.2 Å². The van der Waals surface area contributed by atoms with Gasteiger partial charge in [-0.15, -0.1) is 0 Å². The lowest BCUT2D eigenvalue weighted by atomic mass is 10.3. The van der Waals surface area contributed by atoms with Crippen LogP contribution < -0.4 is 10.6 Å². The number of hydrogen-bond donors (Lipinski definition) is 2. The molecule has 204 valence electrons. The van der Waals surface area contributed by atoms with Crippen LogP contribution in [-0.4, -0.2) is 80.8 Å². The van der Waals surface area contributed by atoms with Gasteiger partial charge in [0.1, 0.15) is 6.61 Å². The van der Waals surface area contributed by atoms with E-state index in [0.29, 0.717) is 19.3 Å². The zero-order chi connectivity index (χ0) is 27.5. The highest BCUT2D eigenvalue weighted by Gasteiger charge is 2.16. The van der Waals surface area contributed by atoms with Gasteiger partial charge in [-0.25, -0.2) is 6.57 Å². The van der Waals surface area contributed by atoms with Gasteiger partial charge in [-0.05, 0) is 19.1 Å². The van der Waals surface area contributed by atoms with Crippen LogP contribution in [0, 0.1) is 6.57 Å². The molecule has 2 amide bonds. The molecule has 0 heterocycles. The molecule has 2 N–H and O–H groups in total. The average Bonchev–Trinajstić information content (AvgIpc) is 2.88. The Morgan fingerprint density at radius 1 is 0.914 bits per heavy atom. The van der Waals surface area contributed by atoms with Crippen molar-refractivity contribution in [2.45, 2.75) is 52.9 Å². The zero-order valence-electron chi connectivity index (χ0n) is 21.8. The Morgan fingerprint density at radius 3 is 1.77 bits per heavy atom. The van der Waals surface area contributed by atoms with E-state index < -0.39 is 7.57 Å². The molecule has 10 nitrogen and oxygen atoms in total. The predicted octanol–water partition coefficient (Wildman–Crippen LogP) is 3.77. The fraction of sp³-hybridized carbons (Fsp3) is 0.727. The van der Waals surface area contributed by atoms with Gasteiger partial charge in [0.2, 0.25) is 18.4 Å². The van der Waals surface area contributed by atoms with Crippen molar-refractivity contribution in [3.8, 4) is 0 Å². The maximum absolute atomic E-state index is 11.5. The van der Waals surface area contributed by atoms with Crippen LogP contribution in [0.15, 0.2) is 0 Å². The third-order valence-corrected chi connectivity index (χ3v) is 7.18. The van der Waals surface area contributed by atoms with Crippen LogP contribution in [0.5, 0.6) is 0 Å². The van der Waals surface area contributed by atoms with E-state index >= 15 is 0 Å². The lowest BCUT2D eigenvalue weighted by Crippen LogP contribution is -2.20. The maximum atomic E-state index is 11.5. The maximum Gasteiger partial charge on any atom is 0.250 e. The van der Waals surface area contributed by atoms with Crippen molar-refractivity contribution in [3.05, 3.63) is 11.4 Å². The van der Waals surface area contributed by atoms with E-state index in [2.05, 4.69) is 21.8 Å². The molecular weight excluding hydrogens is 513 g/mol. The third-order valence-electron chi connectivity index (χ3n) is 3.60. The molecule has 0 aliphatic heterocycles. The van der Waals surface area contributed by atoms with Gasteiger partial charge in [-0.3, -0.25) is 19.2 Å². The van der Waals surface area contributed by atoms with Crippen molar-refractivity contribution in [1.82, 2.24) is 10.6 Å². The van der Waals surface area contributed by atoms with E-state index in [1.54, 1.807) is 7.05 Å². The van der Waals surface area contributed by atoms with Crippen molar-refractivity contribution in [2.24, 2.45) is 0 Å². The second-order valence-electron chi connectivity index (χ2n) is 6.22. The molecule has 0 rings (SSSR count). The highest BCUT2D eigenvalue weighted by atomic mass is 32.2. The molecule has 0 aromatic heterocycles. The molecule has 0 aliphatic rings. The largest absolute Gasteiger partial charge is 0.358 e. The lowest BCUT2D eigenvalue weighted by molar-refractivity contribution is -0.119. The number of nitrogens with zero attached hydrogens (tertiary/aromatic N) is 1. The number of nitrogens with one attached hydrogen (secondary N) is 2. The van der Waals surface area contributed by atoms with Crippen molar-refractivity contribution in [2.75, 3.05) is 52.5 Å². The first-order chi connectivity index (χ1) is 16.7. The number of rotatable bonds is 16. The summed E-state index contributed by atoms with van der Waals surface area (Å²) in [6.45, 7) is 13.4. The van der Waals surface area contributed by atoms with Crippen LogP contribution in [0.1, 0.15) is 52.9 Å². The molecule has 1 atom stereocenters. The van der Waals surface area contributed by atoms with Crippen LogP contribution in [0.4, 0.5) is 0 Å². The van der Waals surface area contributed by atoms with E-state index in [0.717, 1.165) is 36.4 Å². The minimum absolute atomic E-state index is 0.0680. The van der Waals surface area contributed by atoms with Gasteiger partial charge in [0, 0.05) is 34.0 Å². The molecule has 0 aromatic carbocycles. The summed E-state index contributed by atoms with van der Waals surface area (Å²) in [6, 6.07) is 0. The quantitative estimate of drug-likeness (QED) is 0.166. The smallest absolute Gasteiger partial charge is 0.250 e. The fourth-order valence-corrected chi connectivity index (χ4v) is 4.19. The molecular formula is C22H42N3O7PS2. The van der Waals surface area contributed by atoms with E-state index in [-0.39, 0.29) is 53.3 Å². The molecule has 0 saturated carbocycles. The number of thioether (sulfide) groups is 2. The number of hydrogen-bond acceptors (Lipinski definition) is 9. The molecule has 0 fully saturated rings. The Balaban J connectivity index is -0.000000620. The summed E-state index contributed by atoms with van der Waals surface area (Å²) in [5, 5.41) is 4.95. The molecule has 0 bridgehead atoms. The van der Waals surface area contributed by atoms with Crippen molar-refractivity contribution >= 4 is 59.4 Å². The molecule has 0 spiro atoms. The summed E-state index contributed by atoms with van der Waals surface area (Å²) in [5.41, 5.74) is 0. The van der Waals surface area contributed by atoms with Crippen molar-refractivity contribution in [3.63, 3.8) is 0 Å². The van der Waals surface area contributed by atoms with Gasteiger partial charge >= 0.3 is 0 Å². The molecule has 0 aromatic rings. The van der Waals surface area contributed by atoms with Crippen molar-refractivity contribution < 1.29 is 32.7 Å². The Kier molecular flexibility index (Phi) is 29.7. The SMILES string of the molecule is CC.CCCCC(=O)SCC(=O)NC.[C-]#[N+]CCOP(=C)(OC)OCCCC(=O)SCC(=O)NC. The highest BCUT2D eigenvalue weighted by Crippen LogP contribution is 2.47. The number of unbranched alkanes of at least 4 members (excludes halogenated alkanes) is 1. The van der Waals surface area contributed by atoms with Crippen LogP contribution in [0.2, 0.25) is 0 Å². The summed E-state index contributed by atoms with van der Waals surface area (Å²) in [4.78, 5) is 47.3. The van der Waals surface area contributed by atoms with E-state index in [9.17, 15) is 19.2 Å². The normalized spacial score (nSPS) is 11.3. The van der Waals surface area contributed by atoms with E-state index in [4.69, 9.17) is 20.1 Å². The van der Waals surface area contributed by atoms with Crippen LogP contribution in [0.25, 0.3) is 4.85 Å². The molecule has 0 aliphatic carbocycles. The predicted molar refractivity (Wildman–Crippen MR) is 148 cm³/mol. The second kappa shape index (κ2) is 27.2.